The molecule has 1 rings (SSSR count). The highest BCUT2D eigenvalue weighted by Gasteiger charge is 2.34. The molecule has 20 heavy (non-hydrogen) atoms. The second kappa shape index (κ2) is 9.38. The lowest BCUT2D eigenvalue weighted by atomic mass is 9.91. The van der Waals surface area contributed by atoms with Gasteiger partial charge in [-0.2, -0.15) is 0 Å². The molecule has 0 aromatic rings. The maximum atomic E-state index is 11.6. The summed E-state index contributed by atoms with van der Waals surface area (Å²) in [5, 5.41) is 13.0. The van der Waals surface area contributed by atoms with Gasteiger partial charge in [0.05, 0.1) is 0 Å². The van der Waals surface area contributed by atoms with Crippen molar-refractivity contribution in [3.63, 3.8) is 0 Å². The fourth-order valence-corrected chi connectivity index (χ4v) is 3.20. The van der Waals surface area contributed by atoms with E-state index in [1.54, 1.807) is 0 Å². The van der Waals surface area contributed by atoms with Gasteiger partial charge in [-0.1, -0.05) is 64.7 Å². The van der Waals surface area contributed by atoms with Crippen molar-refractivity contribution in [1.29, 1.82) is 0 Å². The van der Waals surface area contributed by atoms with Gasteiger partial charge >= 0.3 is 5.97 Å². The number of carboxylic acid groups (broad SMARTS) is 1. The van der Waals surface area contributed by atoms with Gasteiger partial charge in [-0.3, -0.25) is 10.1 Å². The topological polar surface area (TPSA) is 49.3 Å². The van der Waals surface area contributed by atoms with E-state index in [4.69, 9.17) is 0 Å². The monoisotopic (exact) mass is 283 g/mol. The Bertz CT molecular complexity index is 272. The molecule has 1 atom stereocenters. The first-order valence-corrected chi connectivity index (χ1v) is 8.59. The molecule has 3 heteroatoms. The van der Waals surface area contributed by atoms with Crippen LogP contribution in [0.15, 0.2) is 0 Å². The van der Waals surface area contributed by atoms with Gasteiger partial charge in [-0.05, 0) is 26.2 Å². The van der Waals surface area contributed by atoms with E-state index in [2.05, 4.69) is 12.2 Å². The smallest absolute Gasteiger partial charge is 0.323 e. The van der Waals surface area contributed by atoms with E-state index in [0.29, 0.717) is 6.04 Å². The molecule has 0 amide bonds. The predicted molar refractivity (Wildman–Crippen MR) is 84.0 cm³/mol. The highest BCUT2D eigenvalue weighted by molar-refractivity contribution is 5.78. The van der Waals surface area contributed by atoms with Gasteiger partial charge in [0.15, 0.2) is 0 Å². The van der Waals surface area contributed by atoms with Crippen molar-refractivity contribution in [3.05, 3.63) is 0 Å². The quantitative estimate of drug-likeness (QED) is 0.484. The van der Waals surface area contributed by atoms with Crippen molar-refractivity contribution in [2.24, 2.45) is 0 Å². The first-order valence-electron chi connectivity index (χ1n) is 8.59. The molecule has 2 N–H and O–H groups in total. The Hall–Kier alpha value is -0.570. The standard InChI is InChI=1S/C17H33NO2/c1-3-4-5-8-11-14-17(2,16(19)20)18-15-12-9-6-7-10-13-15/h15,18H,3-14H2,1-2H3,(H,19,20). The van der Waals surface area contributed by atoms with Gasteiger partial charge in [-0.25, -0.2) is 0 Å². The van der Waals surface area contributed by atoms with Crippen LogP contribution in [0.25, 0.3) is 0 Å². The van der Waals surface area contributed by atoms with Crippen molar-refractivity contribution in [2.45, 2.75) is 102 Å². The summed E-state index contributed by atoms with van der Waals surface area (Å²) < 4.78 is 0. The number of carboxylic acids is 1. The maximum Gasteiger partial charge on any atom is 0.323 e. The molecule has 0 radical (unpaired) electrons. The highest BCUT2D eigenvalue weighted by atomic mass is 16.4. The molecule has 0 aromatic carbocycles. The summed E-state index contributed by atoms with van der Waals surface area (Å²) in [6.07, 6.45) is 14.0. The van der Waals surface area contributed by atoms with Crippen molar-refractivity contribution in [2.75, 3.05) is 0 Å². The summed E-state index contributed by atoms with van der Waals surface area (Å²) >= 11 is 0. The Kier molecular flexibility index (Phi) is 8.20. The van der Waals surface area contributed by atoms with Crippen molar-refractivity contribution in [1.82, 2.24) is 5.32 Å². The van der Waals surface area contributed by atoms with Crippen LogP contribution in [0.2, 0.25) is 0 Å². The fourth-order valence-electron chi connectivity index (χ4n) is 3.20. The van der Waals surface area contributed by atoms with Gasteiger partial charge < -0.3 is 5.11 Å². The minimum absolute atomic E-state index is 0.397. The maximum absolute atomic E-state index is 11.6. The third kappa shape index (κ3) is 6.25. The summed E-state index contributed by atoms with van der Waals surface area (Å²) in [4.78, 5) is 11.6. The lowest BCUT2D eigenvalue weighted by Gasteiger charge is -2.31. The fraction of sp³-hybridized carbons (Fsp3) is 0.941. The summed E-state index contributed by atoms with van der Waals surface area (Å²) in [5.41, 5.74) is -0.735. The van der Waals surface area contributed by atoms with E-state index in [9.17, 15) is 9.90 Å². The van der Waals surface area contributed by atoms with Crippen LogP contribution < -0.4 is 5.32 Å². The van der Waals surface area contributed by atoms with Crippen LogP contribution in [0.1, 0.15) is 90.9 Å². The summed E-state index contributed by atoms with van der Waals surface area (Å²) in [6, 6.07) is 0.397. The van der Waals surface area contributed by atoms with E-state index in [0.717, 1.165) is 32.1 Å². The molecule has 0 saturated heterocycles. The first-order chi connectivity index (χ1) is 9.58. The van der Waals surface area contributed by atoms with Crippen LogP contribution in [0.3, 0.4) is 0 Å². The molecule has 1 fully saturated rings. The average Bonchev–Trinajstić information content (AvgIpc) is 2.67. The van der Waals surface area contributed by atoms with Gasteiger partial charge in [0, 0.05) is 6.04 Å². The van der Waals surface area contributed by atoms with Crippen LogP contribution in [0.5, 0.6) is 0 Å². The molecule has 0 aromatic heterocycles. The van der Waals surface area contributed by atoms with E-state index < -0.39 is 11.5 Å². The Balaban J connectivity index is 2.41. The van der Waals surface area contributed by atoms with Crippen molar-refractivity contribution < 1.29 is 9.90 Å². The third-order valence-electron chi connectivity index (χ3n) is 4.63. The predicted octanol–water partition coefficient (Wildman–Crippen LogP) is 4.50. The van der Waals surface area contributed by atoms with Crippen LogP contribution in [0, 0.1) is 0 Å². The molecule has 0 bridgehead atoms. The third-order valence-corrected chi connectivity index (χ3v) is 4.63. The largest absolute Gasteiger partial charge is 0.480 e. The Morgan fingerprint density at radius 1 is 1.10 bits per heavy atom. The summed E-state index contributed by atoms with van der Waals surface area (Å²) in [6.45, 7) is 4.08. The van der Waals surface area contributed by atoms with Gasteiger partial charge in [-0.15, -0.1) is 0 Å². The Morgan fingerprint density at radius 2 is 1.70 bits per heavy atom. The molecule has 0 aliphatic heterocycles. The van der Waals surface area contributed by atoms with Crippen LogP contribution in [-0.2, 0) is 4.79 Å². The number of hydrogen-bond donors (Lipinski definition) is 2. The minimum atomic E-state index is -0.735. The molecule has 1 saturated carbocycles. The molecular formula is C17H33NO2. The van der Waals surface area contributed by atoms with Crippen molar-refractivity contribution in [3.8, 4) is 0 Å². The molecule has 0 heterocycles. The molecule has 1 aliphatic rings. The first kappa shape index (κ1) is 17.5. The molecular weight excluding hydrogens is 250 g/mol. The van der Waals surface area contributed by atoms with E-state index >= 15 is 0 Å². The zero-order valence-electron chi connectivity index (χ0n) is 13.4. The zero-order chi connectivity index (χ0) is 14.8. The number of rotatable bonds is 9. The van der Waals surface area contributed by atoms with Gasteiger partial charge in [0.2, 0.25) is 0 Å². The molecule has 3 nitrogen and oxygen atoms in total. The SMILES string of the molecule is CCCCCCCC(C)(NC1CCCCCC1)C(=O)O. The van der Waals surface area contributed by atoms with E-state index in [1.807, 2.05) is 6.92 Å². The second-order valence-electron chi connectivity index (χ2n) is 6.63. The molecule has 1 unspecified atom stereocenters. The summed E-state index contributed by atoms with van der Waals surface area (Å²) in [7, 11) is 0. The van der Waals surface area contributed by atoms with Gasteiger partial charge in [0.25, 0.3) is 0 Å². The Labute approximate surface area is 124 Å². The molecule has 118 valence electrons. The number of nitrogens with one attached hydrogen (secondary N) is 1. The number of hydrogen-bond acceptors (Lipinski definition) is 2. The summed E-state index contributed by atoms with van der Waals surface area (Å²) in [5.74, 6) is -0.683. The van der Waals surface area contributed by atoms with E-state index in [-0.39, 0.29) is 0 Å². The van der Waals surface area contributed by atoms with Crippen molar-refractivity contribution >= 4 is 5.97 Å². The molecule has 1 aliphatic carbocycles. The van der Waals surface area contributed by atoms with E-state index in [1.165, 1.54) is 44.9 Å². The lowest BCUT2D eigenvalue weighted by molar-refractivity contribution is -0.145. The normalized spacial score (nSPS) is 20.3. The molecule has 0 spiro atoms. The number of unbranched alkanes of at least 4 members (excludes halogenated alkanes) is 4. The van der Waals surface area contributed by atoms with Crippen LogP contribution >= 0.6 is 0 Å². The second-order valence-corrected chi connectivity index (χ2v) is 6.63. The average molecular weight is 283 g/mol. The van der Waals surface area contributed by atoms with Gasteiger partial charge in [0.1, 0.15) is 5.54 Å². The zero-order valence-corrected chi connectivity index (χ0v) is 13.4. The Morgan fingerprint density at radius 3 is 2.25 bits per heavy atom. The minimum Gasteiger partial charge on any atom is -0.480 e. The van der Waals surface area contributed by atoms with Crippen LogP contribution in [0.4, 0.5) is 0 Å². The van der Waals surface area contributed by atoms with Crippen LogP contribution in [-0.4, -0.2) is 22.7 Å². The highest BCUT2D eigenvalue weighted by Crippen LogP contribution is 2.23. The number of carbonyl (C=O) groups is 1. The lowest BCUT2D eigenvalue weighted by Crippen LogP contribution is -2.53. The number of aliphatic carboxylic acids is 1.